The minimum absolute atomic E-state index is 0.0433. The number of hydrogen-bond acceptors (Lipinski definition) is 3. The van der Waals surface area contributed by atoms with Crippen molar-refractivity contribution in [3.63, 3.8) is 0 Å². The molecule has 1 aliphatic rings. The van der Waals surface area contributed by atoms with Crippen LogP contribution in [-0.4, -0.2) is 23.2 Å². The van der Waals surface area contributed by atoms with Crippen LogP contribution in [0.4, 0.5) is 4.39 Å². The van der Waals surface area contributed by atoms with Crippen molar-refractivity contribution in [2.75, 3.05) is 6.61 Å². The summed E-state index contributed by atoms with van der Waals surface area (Å²) >= 11 is 0. The van der Waals surface area contributed by atoms with E-state index in [0.29, 0.717) is 0 Å². The maximum absolute atomic E-state index is 13.4. The summed E-state index contributed by atoms with van der Waals surface area (Å²) in [4.78, 5) is 10.6. The first-order chi connectivity index (χ1) is 7.50. The zero-order chi connectivity index (χ0) is 11.8. The summed E-state index contributed by atoms with van der Waals surface area (Å²) in [5.74, 6) is -1.80. The molecule has 0 saturated heterocycles. The standard InChI is InChI=1S/C11H12FNO3/c12-8-5-7(10(14)15)1-2-9(8)16-6-11(13)3-4-11/h1-2,5H,3-4,6,13H2,(H,14,15). The van der Waals surface area contributed by atoms with Gasteiger partial charge in [0.05, 0.1) is 11.1 Å². The second kappa shape index (κ2) is 3.75. The van der Waals surface area contributed by atoms with Gasteiger partial charge in [0.15, 0.2) is 11.6 Å². The number of carbonyl (C=O) groups is 1. The van der Waals surface area contributed by atoms with E-state index in [1.54, 1.807) is 0 Å². The van der Waals surface area contributed by atoms with Gasteiger partial charge >= 0.3 is 5.97 Å². The zero-order valence-electron chi connectivity index (χ0n) is 8.57. The number of benzene rings is 1. The molecule has 0 unspecified atom stereocenters. The fourth-order valence-electron chi connectivity index (χ4n) is 1.28. The molecule has 1 fully saturated rings. The highest BCUT2D eigenvalue weighted by atomic mass is 19.1. The number of carboxylic acids is 1. The Morgan fingerprint density at radius 3 is 2.75 bits per heavy atom. The Labute approximate surface area is 91.8 Å². The average molecular weight is 225 g/mol. The quantitative estimate of drug-likeness (QED) is 0.812. The van der Waals surface area contributed by atoms with E-state index in [0.717, 1.165) is 18.9 Å². The van der Waals surface area contributed by atoms with E-state index in [-0.39, 0.29) is 23.5 Å². The van der Waals surface area contributed by atoms with E-state index in [4.69, 9.17) is 15.6 Å². The van der Waals surface area contributed by atoms with Gasteiger partial charge in [-0.1, -0.05) is 0 Å². The van der Waals surface area contributed by atoms with Crippen LogP contribution in [0.1, 0.15) is 23.2 Å². The Balaban J connectivity index is 2.07. The third-order valence-electron chi connectivity index (χ3n) is 2.59. The molecular formula is C11H12FNO3. The first-order valence-corrected chi connectivity index (χ1v) is 4.95. The molecule has 5 heteroatoms. The van der Waals surface area contributed by atoms with Crippen LogP contribution in [-0.2, 0) is 0 Å². The van der Waals surface area contributed by atoms with Gasteiger partial charge in [0, 0.05) is 0 Å². The lowest BCUT2D eigenvalue weighted by molar-refractivity contribution is 0.0696. The van der Waals surface area contributed by atoms with Crippen molar-refractivity contribution >= 4 is 5.97 Å². The molecule has 16 heavy (non-hydrogen) atoms. The van der Waals surface area contributed by atoms with E-state index in [1.165, 1.54) is 12.1 Å². The van der Waals surface area contributed by atoms with Gasteiger partial charge < -0.3 is 15.6 Å². The molecule has 4 nitrogen and oxygen atoms in total. The Hall–Kier alpha value is -1.62. The van der Waals surface area contributed by atoms with E-state index in [2.05, 4.69) is 0 Å². The van der Waals surface area contributed by atoms with E-state index < -0.39 is 11.8 Å². The monoisotopic (exact) mass is 225 g/mol. The number of halogens is 1. The summed E-state index contributed by atoms with van der Waals surface area (Å²) in [7, 11) is 0. The smallest absolute Gasteiger partial charge is 0.335 e. The molecule has 0 amide bonds. The maximum atomic E-state index is 13.4. The van der Waals surface area contributed by atoms with Crippen LogP contribution in [0.3, 0.4) is 0 Å². The van der Waals surface area contributed by atoms with Gasteiger partial charge in [-0.2, -0.15) is 0 Å². The summed E-state index contributed by atoms with van der Waals surface area (Å²) in [5.41, 5.74) is 5.36. The molecule has 0 atom stereocenters. The molecule has 0 aliphatic heterocycles. The van der Waals surface area contributed by atoms with Gasteiger partial charge in [-0.15, -0.1) is 0 Å². The summed E-state index contributed by atoms with van der Waals surface area (Å²) in [6.07, 6.45) is 1.75. The molecule has 86 valence electrons. The van der Waals surface area contributed by atoms with Crippen molar-refractivity contribution in [3.05, 3.63) is 29.6 Å². The van der Waals surface area contributed by atoms with Crippen molar-refractivity contribution in [1.29, 1.82) is 0 Å². The summed E-state index contributed by atoms with van der Waals surface area (Å²) in [6.45, 7) is 0.260. The molecule has 0 bridgehead atoms. The predicted octanol–water partition coefficient (Wildman–Crippen LogP) is 1.39. The van der Waals surface area contributed by atoms with Crippen molar-refractivity contribution in [2.45, 2.75) is 18.4 Å². The van der Waals surface area contributed by atoms with E-state index in [1.807, 2.05) is 0 Å². The van der Waals surface area contributed by atoms with E-state index in [9.17, 15) is 9.18 Å². The largest absolute Gasteiger partial charge is 0.489 e. The highest BCUT2D eigenvalue weighted by molar-refractivity contribution is 5.87. The van der Waals surface area contributed by atoms with Crippen molar-refractivity contribution in [1.82, 2.24) is 0 Å². The van der Waals surface area contributed by atoms with Gasteiger partial charge in [0.1, 0.15) is 6.61 Å². The molecule has 1 aliphatic carbocycles. The third kappa shape index (κ3) is 2.30. The first-order valence-electron chi connectivity index (χ1n) is 4.95. The Kier molecular flexibility index (Phi) is 2.55. The molecule has 0 aromatic heterocycles. The number of hydrogen-bond donors (Lipinski definition) is 2. The number of ether oxygens (including phenoxy) is 1. The first kappa shape index (κ1) is 10.9. The molecule has 3 N–H and O–H groups in total. The third-order valence-corrected chi connectivity index (χ3v) is 2.59. The van der Waals surface area contributed by atoms with Gasteiger partial charge in [-0.25, -0.2) is 9.18 Å². The fourth-order valence-corrected chi connectivity index (χ4v) is 1.28. The zero-order valence-corrected chi connectivity index (χ0v) is 8.57. The number of carboxylic acid groups (broad SMARTS) is 1. The summed E-state index contributed by atoms with van der Waals surface area (Å²) < 4.78 is 18.6. The molecule has 0 radical (unpaired) electrons. The Bertz CT molecular complexity index is 429. The molecule has 2 rings (SSSR count). The van der Waals surface area contributed by atoms with Crippen LogP contribution in [0.25, 0.3) is 0 Å². The number of nitrogens with two attached hydrogens (primary N) is 1. The molecule has 0 heterocycles. The second-order valence-electron chi connectivity index (χ2n) is 4.10. The van der Waals surface area contributed by atoms with Crippen LogP contribution in [0.15, 0.2) is 18.2 Å². The Morgan fingerprint density at radius 1 is 1.56 bits per heavy atom. The second-order valence-corrected chi connectivity index (χ2v) is 4.10. The summed E-state index contributed by atoms with van der Waals surface area (Å²) in [5, 5.41) is 8.64. The molecule has 1 saturated carbocycles. The molecule has 1 aromatic rings. The Morgan fingerprint density at radius 2 is 2.25 bits per heavy atom. The topological polar surface area (TPSA) is 72.5 Å². The highest BCUT2D eigenvalue weighted by Crippen LogP contribution is 2.33. The minimum Gasteiger partial charge on any atom is -0.489 e. The van der Waals surface area contributed by atoms with Crippen molar-refractivity contribution in [2.24, 2.45) is 5.73 Å². The van der Waals surface area contributed by atoms with Crippen molar-refractivity contribution < 1.29 is 19.0 Å². The van der Waals surface area contributed by atoms with Gasteiger partial charge in [-0.3, -0.25) is 0 Å². The summed E-state index contributed by atoms with van der Waals surface area (Å²) in [6, 6.07) is 3.55. The van der Waals surface area contributed by atoms with Gasteiger partial charge in [0.25, 0.3) is 0 Å². The van der Waals surface area contributed by atoms with Crippen LogP contribution in [0, 0.1) is 5.82 Å². The van der Waals surface area contributed by atoms with Crippen LogP contribution >= 0.6 is 0 Å². The van der Waals surface area contributed by atoms with Gasteiger partial charge in [-0.05, 0) is 31.0 Å². The molecule has 1 aromatic carbocycles. The fraction of sp³-hybridized carbons (Fsp3) is 0.364. The van der Waals surface area contributed by atoms with Gasteiger partial charge in [0.2, 0.25) is 0 Å². The van der Waals surface area contributed by atoms with Crippen LogP contribution in [0.2, 0.25) is 0 Å². The normalized spacial score (nSPS) is 16.9. The lowest BCUT2D eigenvalue weighted by atomic mass is 10.2. The molecular weight excluding hydrogens is 213 g/mol. The van der Waals surface area contributed by atoms with E-state index >= 15 is 0 Å². The van der Waals surface area contributed by atoms with Crippen molar-refractivity contribution in [3.8, 4) is 5.75 Å². The number of rotatable bonds is 4. The number of aromatic carboxylic acids is 1. The lowest BCUT2D eigenvalue weighted by Crippen LogP contribution is -2.30. The molecule has 0 spiro atoms. The lowest BCUT2D eigenvalue weighted by Gasteiger charge is -2.11. The highest BCUT2D eigenvalue weighted by Gasteiger charge is 2.39. The van der Waals surface area contributed by atoms with Crippen LogP contribution in [0.5, 0.6) is 5.75 Å². The average Bonchev–Trinajstić information content (AvgIpc) is 2.95. The SMILES string of the molecule is NC1(COc2ccc(C(=O)O)cc2F)CC1. The predicted molar refractivity (Wildman–Crippen MR) is 55.0 cm³/mol. The minimum atomic E-state index is -1.16. The van der Waals surface area contributed by atoms with Crippen LogP contribution < -0.4 is 10.5 Å². The maximum Gasteiger partial charge on any atom is 0.335 e.